The van der Waals surface area contributed by atoms with Crippen LogP contribution in [0.3, 0.4) is 0 Å². The summed E-state index contributed by atoms with van der Waals surface area (Å²) in [5.74, 6) is 1.28. The van der Waals surface area contributed by atoms with Gasteiger partial charge >= 0.3 is 0 Å². The minimum absolute atomic E-state index is 0.0259. The molecule has 0 unspecified atom stereocenters. The fourth-order valence-corrected chi connectivity index (χ4v) is 4.79. The van der Waals surface area contributed by atoms with E-state index in [0.29, 0.717) is 17.1 Å². The Morgan fingerprint density at radius 2 is 1.57 bits per heavy atom. The van der Waals surface area contributed by atoms with Gasteiger partial charge in [0, 0.05) is 31.1 Å². The predicted octanol–water partition coefficient (Wildman–Crippen LogP) is 4.46. The highest BCUT2D eigenvalue weighted by Gasteiger charge is 2.23. The summed E-state index contributed by atoms with van der Waals surface area (Å²) < 4.78 is 7.16. The number of aryl methyl sites for hydroxylation is 1. The number of likely N-dealkylation sites (tertiary alicyclic amines) is 1. The maximum Gasteiger partial charge on any atom is 0.274 e. The minimum atomic E-state index is -0.119. The molecule has 0 spiro atoms. The van der Waals surface area contributed by atoms with Gasteiger partial charge in [0.1, 0.15) is 5.75 Å². The molecule has 1 aliphatic heterocycles. The van der Waals surface area contributed by atoms with Crippen molar-refractivity contribution in [2.75, 3.05) is 19.7 Å². The minimum Gasteiger partial charge on any atom is -0.484 e. The molecule has 0 bridgehead atoms. The number of hydrogen-bond acceptors (Lipinski definition) is 4. The number of carbonyl (C=O) groups excluding carboxylic acids is 1. The summed E-state index contributed by atoms with van der Waals surface area (Å²) in [7, 11) is 1.66. The number of rotatable bonds is 6. The van der Waals surface area contributed by atoms with Gasteiger partial charge in [-0.1, -0.05) is 48.5 Å². The molecule has 35 heavy (non-hydrogen) atoms. The summed E-state index contributed by atoms with van der Waals surface area (Å²) >= 11 is 0. The van der Waals surface area contributed by atoms with Gasteiger partial charge in [0.2, 0.25) is 0 Å². The van der Waals surface area contributed by atoms with Gasteiger partial charge in [-0.15, -0.1) is 0 Å². The lowest BCUT2D eigenvalue weighted by Crippen LogP contribution is -2.41. The zero-order chi connectivity index (χ0) is 24.2. The first-order valence-electron chi connectivity index (χ1n) is 12.1. The Morgan fingerprint density at radius 3 is 2.29 bits per heavy atom. The Bertz CT molecular complexity index is 1370. The lowest BCUT2D eigenvalue weighted by Gasteiger charge is -2.32. The van der Waals surface area contributed by atoms with E-state index >= 15 is 0 Å². The molecule has 178 valence electrons. The van der Waals surface area contributed by atoms with Crippen molar-refractivity contribution in [2.24, 2.45) is 13.0 Å². The van der Waals surface area contributed by atoms with Crippen LogP contribution in [0.4, 0.5) is 0 Å². The molecule has 2 heterocycles. The molecular weight excluding hydrogens is 438 g/mol. The van der Waals surface area contributed by atoms with E-state index in [9.17, 15) is 9.59 Å². The van der Waals surface area contributed by atoms with Crippen molar-refractivity contribution in [3.63, 3.8) is 0 Å². The summed E-state index contributed by atoms with van der Waals surface area (Å²) in [4.78, 5) is 27.0. The Kier molecular flexibility index (Phi) is 6.62. The molecule has 1 aliphatic rings. The number of carbonyl (C=O) groups is 1. The van der Waals surface area contributed by atoms with Crippen molar-refractivity contribution < 1.29 is 9.53 Å². The average molecular weight is 468 g/mol. The van der Waals surface area contributed by atoms with Crippen molar-refractivity contribution >= 4 is 16.7 Å². The van der Waals surface area contributed by atoms with E-state index in [1.54, 1.807) is 7.05 Å². The van der Waals surface area contributed by atoms with Crippen molar-refractivity contribution in [2.45, 2.75) is 19.3 Å². The lowest BCUT2D eigenvalue weighted by atomic mass is 9.90. The number of fused-ring (bicyclic) bond motifs is 1. The molecule has 6 nitrogen and oxygen atoms in total. The zero-order valence-electron chi connectivity index (χ0n) is 19.9. The molecule has 6 heteroatoms. The van der Waals surface area contributed by atoms with Gasteiger partial charge < -0.3 is 9.64 Å². The van der Waals surface area contributed by atoms with Crippen LogP contribution in [0, 0.1) is 5.92 Å². The fraction of sp³-hybridized carbons (Fsp3) is 0.276. The molecule has 1 fully saturated rings. The molecule has 4 aromatic rings. The van der Waals surface area contributed by atoms with Crippen molar-refractivity contribution in [1.29, 1.82) is 0 Å². The van der Waals surface area contributed by atoms with E-state index in [0.717, 1.165) is 49.0 Å². The SMILES string of the molecule is Cn1nc(-c2ccc(OCC(=O)N3CCC(Cc4ccccc4)CC3)cc2)c2ccccc2c1=O. The first kappa shape index (κ1) is 22.8. The van der Waals surface area contributed by atoms with Crippen molar-refractivity contribution in [1.82, 2.24) is 14.7 Å². The molecule has 3 aromatic carbocycles. The van der Waals surface area contributed by atoms with Crippen LogP contribution in [-0.2, 0) is 18.3 Å². The quantitative estimate of drug-likeness (QED) is 0.420. The Morgan fingerprint density at radius 1 is 0.914 bits per heavy atom. The van der Waals surface area contributed by atoms with Gasteiger partial charge in [0.25, 0.3) is 11.5 Å². The topological polar surface area (TPSA) is 64.4 Å². The van der Waals surface area contributed by atoms with Gasteiger partial charge in [0.05, 0.1) is 11.1 Å². The Labute approximate surface area is 204 Å². The number of benzene rings is 3. The van der Waals surface area contributed by atoms with E-state index in [-0.39, 0.29) is 18.1 Å². The van der Waals surface area contributed by atoms with Crippen LogP contribution in [0.2, 0.25) is 0 Å². The molecule has 1 saturated heterocycles. The second kappa shape index (κ2) is 10.1. The molecular formula is C29H29N3O3. The molecule has 5 rings (SSSR count). The van der Waals surface area contributed by atoms with Crippen LogP contribution in [0.1, 0.15) is 18.4 Å². The smallest absolute Gasteiger partial charge is 0.274 e. The summed E-state index contributed by atoms with van der Waals surface area (Å²) in [5, 5.41) is 5.92. The van der Waals surface area contributed by atoms with Crippen LogP contribution in [0.25, 0.3) is 22.0 Å². The van der Waals surface area contributed by atoms with Gasteiger partial charge in [-0.2, -0.15) is 5.10 Å². The average Bonchev–Trinajstić information content (AvgIpc) is 2.91. The van der Waals surface area contributed by atoms with Crippen LogP contribution in [0.15, 0.2) is 83.7 Å². The second-order valence-corrected chi connectivity index (χ2v) is 9.15. The van der Waals surface area contributed by atoms with Crippen LogP contribution < -0.4 is 10.3 Å². The maximum atomic E-state index is 12.7. The number of piperidine rings is 1. The standard InChI is InChI=1S/C29H29N3O3/c1-31-29(34)26-10-6-5-9-25(26)28(30-31)23-11-13-24(14-12-23)35-20-27(33)32-17-15-22(16-18-32)19-21-7-3-2-4-8-21/h2-14,22H,15-20H2,1H3. The third-order valence-electron chi connectivity index (χ3n) is 6.78. The molecule has 0 saturated carbocycles. The first-order valence-corrected chi connectivity index (χ1v) is 12.1. The third-order valence-corrected chi connectivity index (χ3v) is 6.78. The summed E-state index contributed by atoms with van der Waals surface area (Å²) in [6.45, 7) is 1.60. The van der Waals surface area contributed by atoms with Gasteiger partial charge in [0.15, 0.2) is 6.61 Å². The predicted molar refractivity (Wildman–Crippen MR) is 137 cm³/mol. The number of amides is 1. The maximum absolute atomic E-state index is 12.7. The van der Waals surface area contributed by atoms with Crippen LogP contribution in [-0.4, -0.2) is 40.3 Å². The highest BCUT2D eigenvalue weighted by molar-refractivity contribution is 5.93. The first-order chi connectivity index (χ1) is 17.1. The van der Waals surface area contributed by atoms with E-state index in [2.05, 4.69) is 29.4 Å². The number of nitrogens with zero attached hydrogens (tertiary/aromatic N) is 3. The number of aromatic nitrogens is 2. The summed E-state index contributed by atoms with van der Waals surface area (Å²) in [6, 6.07) is 25.5. The van der Waals surface area contributed by atoms with E-state index in [1.165, 1.54) is 10.2 Å². The van der Waals surface area contributed by atoms with Crippen LogP contribution in [0.5, 0.6) is 5.75 Å². The molecule has 0 atom stereocenters. The van der Waals surface area contributed by atoms with E-state index < -0.39 is 0 Å². The molecule has 0 aliphatic carbocycles. The van der Waals surface area contributed by atoms with Gasteiger partial charge in [-0.25, -0.2) is 4.68 Å². The van der Waals surface area contributed by atoms with Gasteiger partial charge in [-0.05, 0) is 61.1 Å². The largest absolute Gasteiger partial charge is 0.484 e. The molecule has 1 aromatic heterocycles. The Balaban J connectivity index is 1.18. The second-order valence-electron chi connectivity index (χ2n) is 9.15. The summed E-state index contributed by atoms with van der Waals surface area (Å²) in [5.41, 5.74) is 2.87. The van der Waals surface area contributed by atoms with Crippen LogP contribution >= 0.6 is 0 Å². The van der Waals surface area contributed by atoms with Crippen molar-refractivity contribution in [3.8, 4) is 17.0 Å². The highest BCUT2D eigenvalue weighted by Crippen LogP contribution is 2.26. The molecule has 1 amide bonds. The van der Waals surface area contributed by atoms with E-state index in [4.69, 9.17) is 4.74 Å². The zero-order valence-corrected chi connectivity index (χ0v) is 19.9. The third kappa shape index (κ3) is 5.11. The lowest BCUT2D eigenvalue weighted by molar-refractivity contribution is -0.134. The molecule has 0 radical (unpaired) electrons. The highest BCUT2D eigenvalue weighted by atomic mass is 16.5. The monoisotopic (exact) mass is 467 g/mol. The number of ether oxygens (including phenoxy) is 1. The fourth-order valence-electron chi connectivity index (χ4n) is 4.79. The van der Waals surface area contributed by atoms with Gasteiger partial charge in [-0.3, -0.25) is 9.59 Å². The van der Waals surface area contributed by atoms with E-state index in [1.807, 2.05) is 59.5 Å². The number of hydrogen-bond donors (Lipinski definition) is 0. The molecule has 0 N–H and O–H groups in total. The Hall–Kier alpha value is -3.93. The summed E-state index contributed by atoms with van der Waals surface area (Å²) in [6.07, 6.45) is 3.12. The van der Waals surface area contributed by atoms with Crippen molar-refractivity contribution in [3.05, 3.63) is 94.8 Å². The normalized spacial score (nSPS) is 14.3.